The van der Waals surface area contributed by atoms with Gasteiger partial charge in [0.2, 0.25) is 0 Å². The van der Waals surface area contributed by atoms with Gasteiger partial charge in [-0.15, -0.1) is 0 Å². The molecule has 3 heterocycles. The van der Waals surface area contributed by atoms with Gasteiger partial charge in [0.25, 0.3) is 0 Å². The molecule has 0 spiro atoms. The molecule has 1 atom stereocenters. The van der Waals surface area contributed by atoms with Crippen molar-refractivity contribution in [2.45, 2.75) is 19.2 Å². The molecule has 28 heavy (non-hydrogen) atoms. The monoisotopic (exact) mass is 386 g/mol. The molecule has 0 bridgehead atoms. The van der Waals surface area contributed by atoms with Crippen LogP contribution in [0, 0.1) is 0 Å². The molecule has 2 aliphatic heterocycles. The van der Waals surface area contributed by atoms with Crippen molar-refractivity contribution in [1.29, 1.82) is 0 Å². The van der Waals surface area contributed by atoms with Crippen molar-refractivity contribution < 1.29 is 19.0 Å². The van der Waals surface area contributed by atoms with Crippen molar-refractivity contribution in [2.24, 2.45) is 0 Å². The van der Waals surface area contributed by atoms with Crippen LogP contribution in [0.5, 0.6) is 5.75 Å². The van der Waals surface area contributed by atoms with Gasteiger partial charge >= 0.3 is 5.63 Å². The highest BCUT2D eigenvalue weighted by atomic mass is 16.5. The van der Waals surface area contributed by atoms with Gasteiger partial charge in [0.05, 0.1) is 31.5 Å². The predicted octanol–water partition coefficient (Wildman–Crippen LogP) is 1.75. The molecular formula is C21H26N2O5. The summed E-state index contributed by atoms with van der Waals surface area (Å²) in [5, 5.41) is 10.7. The van der Waals surface area contributed by atoms with Crippen LogP contribution in [0.1, 0.15) is 22.8 Å². The summed E-state index contributed by atoms with van der Waals surface area (Å²) in [6.07, 6.45) is 1.34. The van der Waals surface area contributed by atoms with Gasteiger partial charge in [-0.1, -0.05) is 30.3 Å². The summed E-state index contributed by atoms with van der Waals surface area (Å²) in [6, 6.07) is 10.1. The fourth-order valence-electron chi connectivity index (χ4n) is 3.73. The van der Waals surface area contributed by atoms with E-state index in [0.717, 1.165) is 18.7 Å². The summed E-state index contributed by atoms with van der Waals surface area (Å²) in [5.74, 6) is 0.0468. The molecular weight excluding hydrogens is 360 g/mol. The van der Waals surface area contributed by atoms with Crippen LogP contribution in [0.3, 0.4) is 0 Å². The number of hydrogen-bond acceptors (Lipinski definition) is 7. The Morgan fingerprint density at radius 3 is 2.54 bits per heavy atom. The lowest BCUT2D eigenvalue weighted by molar-refractivity contribution is -0.0334. The van der Waals surface area contributed by atoms with Gasteiger partial charge < -0.3 is 19.0 Å². The van der Waals surface area contributed by atoms with Crippen LogP contribution in [0.15, 0.2) is 45.8 Å². The van der Waals surface area contributed by atoms with E-state index >= 15 is 0 Å². The molecule has 2 aliphatic rings. The molecule has 0 amide bonds. The maximum Gasteiger partial charge on any atom is 0.343 e. The van der Waals surface area contributed by atoms with Crippen LogP contribution in [-0.4, -0.2) is 60.9 Å². The zero-order valence-corrected chi connectivity index (χ0v) is 15.9. The molecule has 150 valence electrons. The zero-order valence-electron chi connectivity index (χ0n) is 15.9. The van der Waals surface area contributed by atoms with Crippen LogP contribution in [0.25, 0.3) is 0 Å². The summed E-state index contributed by atoms with van der Waals surface area (Å²) in [6.45, 7) is 5.80. The van der Waals surface area contributed by atoms with Gasteiger partial charge in [-0.25, -0.2) is 4.79 Å². The van der Waals surface area contributed by atoms with E-state index in [4.69, 9.17) is 13.9 Å². The molecule has 0 aliphatic carbocycles. The Bertz CT molecular complexity index is 832. The Morgan fingerprint density at radius 2 is 1.75 bits per heavy atom. The second-order valence-corrected chi connectivity index (χ2v) is 7.27. The first-order valence-electron chi connectivity index (χ1n) is 9.72. The van der Waals surface area contributed by atoms with Crippen molar-refractivity contribution in [3.63, 3.8) is 0 Å². The molecule has 0 radical (unpaired) electrons. The lowest BCUT2D eigenvalue weighted by Crippen LogP contribution is -2.39. The standard InChI is InChI=1S/C21H26N2O5/c24-20-17(12-22-6-9-26-10-7-22)15-28-21(25)18(20)13-23-8-11-27-19(14-23)16-4-2-1-3-5-16/h1-5,15,19,24H,6-14H2/t19-/m0/s1. The maximum atomic E-state index is 12.3. The molecule has 1 aromatic heterocycles. The quantitative estimate of drug-likeness (QED) is 0.839. The molecule has 0 saturated carbocycles. The summed E-state index contributed by atoms with van der Waals surface area (Å²) < 4.78 is 16.5. The predicted molar refractivity (Wildman–Crippen MR) is 103 cm³/mol. The minimum atomic E-state index is -0.481. The maximum absolute atomic E-state index is 12.3. The Labute approximate surface area is 164 Å². The van der Waals surface area contributed by atoms with E-state index in [-0.39, 0.29) is 11.9 Å². The van der Waals surface area contributed by atoms with Gasteiger partial charge in [0.15, 0.2) is 0 Å². The summed E-state index contributed by atoms with van der Waals surface area (Å²) in [7, 11) is 0. The second-order valence-electron chi connectivity index (χ2n) is 7.27. The minimum Gasteiger partial charge on any atom is -0.507 e. The minimum absolute atomic E-state index is 0.0410. The number of ether oxygens (including phenoxy) is 2. The second kappa shape index (κ2) is 8.87. The fraction of sp³-hybridized carbons (Fsp3) is 0.476. The van der Waals surface area contributed by atoms with E-state index in [1.807, 2.05) is 30.3 Å². The lowest BCUT2D eigenvalue weighted by atomic mass is 10.1. The zero-order chi connectivity index (χ0) is 19.3. The van der Waals surface area contributed by atoms with Crippen LogP contribution in [-0.2, 0) is 22.6 Å². The fourth-order valence-corrected chi connectivity index (χ4v) is 3.73. The highest BCUT2D eigenvalue weighted by molar-refractivity contribution is 5.36. The summed E-state index contributed by atoms with van der Waals surface area (Å²) in [4.78, 5) is 16.6. The molecule has 1 aromatic carbocycles. The Kier molecular flexibility index (Phi) is 6.07. The normalized spacial score (nSPS) is 21.6. The number of aromatic hydroxyl groups is 1. The largest absolute Gasteiger partial charge is 0.507 e. The molecule has 7 nitrogen and oxygen atoms in total. The number of hydrogen-bond donors (Lipinski definition) is 1. The van der Waals surface area contributed by atoms with E-state index in [2.05, 4.69) is 9.80 Å². The van der Waals surface area contributed by atoms with Crippen molar-refractivity contribution in [3.05, 3.63) is 63.7 Å². The van der Waals surface area contributed by atoms with Crippen LogP contribution < -0.4 is 5.63 Å². The highest BCUT2D eigenvalue weighted by Gasteiger charge is 2.25. The first-order chi connectivity index (χ1) is 13.7. The Hall–Kier alpha value is -2.19. The van der Waals surface area contributed by atoms with E-state index in [1.54, 1.807) is 0 Å². The average molecular weight is 386 g/mol. The van der Waals surface area contributed by atoms with Crippen molar-refractivity contribution in [3.8, 4) is 5.75 Å². The smallest absolute Gasteiger partial charge is 0.343 e. The van der Waals surface area contributed by atoms with E-state index in [9.17, 15) is 9.90 Å². The van der Waals surface area contributed by atoms with Gasteiger partial charge in [-0.3, -0.25) is 9.80 Å². The van der Waals surface area contributed by atoms with Gasteiger partial charge in [0, 0.05) is 44.8 Å². The van der Waals surface area contributed by atoms with E-state index in [1.165, 1.54) is 6.26 Å². The third-order valence-electron chi connectivity index (χ3n) is 5.35. The average Bonchev–Trinajstić information content (AvgIpc) is 2.75. The van der Waals surface area contributed by atoms with Crippen molar-refractivity contribution >= 4 is 0 Å². The molecule has 0 unspecified atom stereocenters. The number of benzene rings is 1. The van der Waals surface area contributed by atoms with Gasteiger partial charge in [-0.2, -0.15) is 0 Å². The Morgan fingerprint density at radius 1 is 1.00 bits per heavy atom. The molecule has 2 saturated heterocycles. The van der Waals surface area contributed by atoms with Crippen LogP contribution in [0.2, 0.25) is 0 Å². The number of nitrogens with zero attached hydrogens (tertiary/aromatic N) is 2. The first-order valence-corrected chi connectivity index (χ1v) is 9.72. The van der Waals surface area contributed by atoms with Crippen LogP contribution in [0.4, 0.5) is 0 Å². The molecule has 1 N–H and O–H groups in total. The van der Waals surface area contributed by atoms with Gasteiger partial charge in [0.1, 0.15) is 12.0 Å². The lowest BCUT2D eigenvalue weighted by Gasteiger charge is -2.33. The van der Waals surface area contributed by atoms with Crippen molar-refractivity contribution in [2.75, 3.05) is 46.0 Å². The topological polar surface area (TPSA) is 75.4 Å². The SMILES string of the molecule is O=c1occ(CN2CCOCC2)c(O)c1CN1CCO[C@H](c2ccccc2)C1. The third kappa shape index (κ3) is 4.44. The van der Waals surface area contributed by atoms with E-state index in [0.29, 0.717) is 57.1 Å². The van der Waals surface area contributed by atoms with Crippen molar-refractivity contribution in [1.82, 2.24) is 9.80 Å². The Balaban J connectivity index is 1.47. The third-order valence-corrected chi connectivity index (χ3v) is 5.35. The summed E-state index contributed by atoms with van der Waals surface area (Å²) >= 11 is 0. The first kappa shape index (κ1) is 19.1. The van der Waals surface area contributed by atoms with Gasteiger partial charge in [-0.05, 0) is 5.56 Å². The molecule has 7 heteroatoms. The summed E-state index contributed by atoms with van der Waals surface area (Å²) in [5.41, 5.74) is 1.60. The molecule has 4 rings (SSSR count). The van der Waals surface area contributed by atoms with E-state index < -0.39 is 5.63 Å². The number of morpholine rings is 2. The number of rotatable bonds is 5. The molecule has 2 aromatic rings. The molecule has 2 fully saturated rings. The highest BCUT2D eigenvalue weighted by Crippen LogP contribution is 2.26. The van der Waals surface area contributed by atoms with Crippen LogP contribution >= 0.6 is 0 Å².